The van der Waals surface area contributed by atoms with E-state index in [1.165, 1.54) is 10.3 Å². The summed E-state index contributed by atoms with van der Waals surface area (Å²) in [6, 6.07) is 6.99. The maximum atomic E-state index is 6.07. The molecular formula is C16H22N2OS. The number of aromatic nitrogens is 1. The van der Waals surface area contributed by atoms with Gasteiger partial charge in [0.05, 0.1) is 27.9 Å². The molecule has 1 N–H and O–H groups in total. The lowest BCUT2D eigenvalue weighted by Crippen LogP contribution is -2.42. The van der Waals surface area contributed by atoms with Crippen molar-refractivity contribution in [3.63, 3.8) is 0 Å². The highest BCUT2D eigenvalue weighted by Crippen LogP contribution is 2.30. The lowest BCUT2D eigenvalue weighted by atomic mass is 9.89. The molecule has 0 spiro atoms. The average molecular weight is 290 g/mol. The molecule has 4 heteroatoms. The van der Waals surface area contributed by atoms with E-state index in [2.05, 4.69) is 49.3 Å². The van der Waals surface area contributed by atoms with Gasteiger partial charge < -0.3 is 10.1 Å². The first-order chi connectivity index (χ1) is 9.63. The Morgan fingerprint density at radius 2 is 2.25 bits per heavy atom. The number of thiazole rings is 1. The highest BCUT2D eigenvalue weighted by Gasteiger charge is 2.29. The van der Waals surface area contributed by atoms with E-state index in [1.807, 2.05) is 5.51 Å². The molecule has 1 aromatic heterocycles. The molecule has 0 saturated carbocycles. The van der Waals surface area contributed by atoms with Gasteiger partial charge >= 0.3 is 0 Å². The fourth-order valence-electron chi connectivity index (χ4n) is 2.89. The Hall–Kier alpha value is -0.970. The van der Waals surface area contributed by atoms with Crippen LogP contribution in [0.2, 0.25) is 0 Å². The van der Waals surface area contributed by atoms with E-state index in [9.17, 15) is 0 Å². The molecule has 3 rings (SSSR count). The fraction of sp³-hybridized carbons (Fsp3) is 0.562. The third-order valence-corrected chi connectivity index (χ3v) is 4.80. The maximum Gasteiger partial charge on any atom is 0.0815 e. The van der Waals surface area contributed by atoms with Crippen molar-refractivity contribution in [3.8, 4) is 0 Å². The number of hydrogen-bond acceptors (Lipinski definition) is 4. The zero-order valence-corrected chi connectivity index (χ0v) is 13.1. The molecule has 1 fully saturated rings. The van der Waals surface area contributed by atoms with Crippen molar-refractivity contribution in [2.24, 2.45) is 5.92 Å². The van der Waals surface area contributed by atoms with E-state index in [1.54, 1.807) is 11.3 Å². The Morgan fingerprint density at radius 1 is 1.40 bits per heavy atom. The van der Waals surface area contributed by atoms with Crippen LogP contribution in [0.1, 0.15) is 38.8 Å². The molecule has 1 aromatic carbocycles. The number of rotatable bonds is 3. The van der Waals surface area contributed by atoms with Crippen molar-refractivity contribution >= 4 is 21.6 Å². The Kier molecular flexibility index (Phi) is 4.06. The van der Waals surface area contributed by atoms with Gasteiger partial charge in [0.1, 0.15) is 0 Å². The number of piperidine rings is 1. The molecule has 3 nitrogen and oxygen atoms in total. The van der Waals surface area contributed by atoms with Crippen LogP contribution in [0, 0.1) is 5.92 Å². The number of ether oxygens (including phenoxy) is 1. The first-order valence-electron chi connectivity index (χ1n) is 7.35. The predicted molar refractivity (Wildman–Crippen MR) is 84.2 cm³/mol. The summed E-state index contributed by atoms with van der Waals surface area (Å²) in [4.78, 5) is 4.42. The van der Waals surface area contributed by atoms with Crippen molar-refractivity contribution in [1.29, 1.82) is 0 Å². The number of hydrogen-bond donors (Lipinski definition) is 1. The van der Waals surface area contributed by atoms with Crippen LogP contribution in [0.5, 0.6) is 0 Å². The Bertz CT molecular complexity index is 581. The average Bonchev–Trinajstić information content (AvgIpc) is 2.88. The number of nitrogens with zero attached hydrogens (tertiary/aromatic N) is 1. The van der Waals surface area contributed by atoms with Gasteiger partial charge in [0.15, 0.2) is 0 Å². The van der Waals surface area contributed by atoms with E-state index in [0.717, 1.165) is 18.5 Å². The quantitative estimate of drug-likeness (QED) is 0.934. The highest BCUT2D eigenvalue weighted by atomic mass is 32.1. The Morgan fingerprint density at radius 3 is 3.05 bits per heavy atom. The van der Waals surface area contributed by atoms with Crippen LogP contribution in [-0.4, -0.2) is 23.7 Å². The molecule has 0 aliphatic carbocycles. The molecular weight excluding hydrogens is 268 g/mol. The highest BCUT2D eigenvalue weighted by molar-refractivity contribution is 7.16. The minimum atomic E-state index is 0.294. The van der Waals surface area contributed by atoms with Crippen LogP contribution in [-0.2, 0) is 4.74 Å². The second kappa shape index (κ2) is 5.80. The molecule has 1 saturated heterocycles. The van der Waals surface area contributed by atoms with Crippen LogP contribution >= 0.6 is 11.3 Å². The number of fused-ring (bicyclic) bond motifs is 1. The summed E-state index contributed by atoms with van der Waals surface area (Å²) in [7, 11) is 0. The van der Waals surface area contributed by atoms with E-state index in [0.29, 0.717) is 24.2 Å². The summed E-state index contributed by atoms with van der Waals surface area (Å²) < 4.78 is 7.33. The van der Waals surface area contributed by atoms with Gasteiger partial charge in [-0.15, -0.1) is 11.3 Å². The second-order valence-corrected chi connectivity index (χ2v) is 6.86. The molecule has 3 atom stereocenters. The molecule has 108 valence electrons. The van der Waals surface area contributed by atoms with Crippen LogP contribution in [0.25, 0.3) is 10.2 Å². The molecule has 1 aliphatic heterocycles. The summed E-state index contributed by atoms with van der Waals surface area (Å²) >= 11 is 1.70. The normalized spacial score (nSPS) is 27.3. The van der Waals surface area contributed by atoms with Gasteiger partial charge in [-0.05, 0) is 43.9 Å². The lowest BCUT2D eigenvalue weighted by molar-refractivity contribution is -0.0443. The first kappa shape index (κ1) is 14.0. The van der Waals surface area contributed by atoms with Crippen LogP contribution in [0.15, 0.2) is 23.7 Å². The minimum Gasteiger partial charge on any atom is -0.375 e. The molecule has 0 bridgehead atoms. The fourth-order valence-corrected chi connectivity index (χ4v) is 3.55. The number of nitrogens with one attached hydrogen (secondary N) is 1. The summed E-state index contributed by atoms with van der Waals surface area (Å²) in [6.07, 6.45) is 1.67. The first-order valence-corrected chi connectivity index (χ1v) is 8.23. The van der Waals surface area contributed by atoms with E-state index < -0.39 is 0 Å². The third kappa shape index (κ3) is 2.87. The zero-order chi connectivity index (χ0) is 14.1. The maximum absolute atomic E-state index is 6.07. The smallest absolute Gasteiger partial charge is 0.0815 e. The van der Waals surface area contributed by atoms with Crippen LogP contribution in [0.4, 0.5) is 0 Å². The summed E-state index contributed by atoms with van der Waals surface area (Å²) in [5.74, 6) is 0.566. The third-order valence-electron chi connectivity index (χ3n) is 3.99. The van der Waals surface area contributed by atoms with Crippen molar-refractivity contribution in [1.82, 2.24) is 10.3 Å². The summed E-state index contributed by atoms with van der Waals surface area (Å²) in [5, 5.41) is 3.64. The second-order valence-electron chi connectivity index (χ2n) is 5.98. The number of benzene rings is 1. The molecule has 20 heavy (non-hydrogen) atoms. The largest absolute Gasteiger partial charge is 0.375 e. The molecule has 2 heterocycles. The van der Waals surface area contributed by atoms with Gasteiger partial charge in [-0.1, -0.05) is 13.0 Å². The van der Waals surface area contributed by atoms with Gasteiger partial charge in [-0.3, -0.25) is 0 Å². The standard InChI is InChI=1S/C16H22N2OS/c1-10(2)19-15-7-13(17-8-11(15)3)12-4-5-16-14(6-12)18-9-20-16/h4-6,9-11,13,15,17H,7-8H2,1-3H3/t11-,13-,15?/m0/s1. The lowest BCUT2D eigenvalue weighted by Gasteiger charge is -2.36. The van der Waals surface area contributed by atoms with Gasteiger partial charge in [-0.25, -0.2) is 4.98 Å². The van der Waals surface area contributed by atoms with Crippen molar-refractivity contribution < 1.29 is 4.74 Å². The minimum absolute atomic E-state index is 0.294. The van der Waals surface area contributed by atoms with Gasteiger partial charge in [0, 0.05) is 12.6 Å². The summed E-state index contributed by atoms with van der Waals surface area (Å²) in [6.45, 7) is 7.51. The van der Waals surface area contributed by atoms with Crippen molar-refractivity contribution in [3.05, 3.63) is 29.3 Å². The topological polar surface area (TPSA) is 34.1 Å². The predicted octanol–water partition coefficient (Wildman–Crippen LogP) is 3.76. The van der Waals surface area contributed by atoms with Crippen LogP contribution in [0.3, 0.4) is 0 Å². The summed E-state index contributed by atoms with van der Waals surface area (Å²) in [5.41, 5.74) is 4.34. The zero-order valence-electron chi connectivity index (χ0n) is 12.3. The van der Waals surface area contributed by atoms with Crippen LogP contribution < -0.4 is 5.32 Å². The van der Waals surface area contributed by atoms with E-state index in [-0.39, 0.29) is 0 Å². The Labute approximate surface area is 124 Å². The van der Waals surface area contributed by atoms with E-state index in [4.69, 9.17) is 4.74 Å². The molecule has 0 radical (unpaired) electrons. The molecule has 1 aliphatic rings. The van der Waals surface area contributed by atoms with Gasteiger partial charge in [0.25, 0.3) is 0 Å². The van der Waals surface area contributed by atoms with Gasteiger partial charge in [0.2, 0.25) is 0 Å². The van der Waals surface area contributed by atoms with E-state index >= 15 is 0 Å². The van der Waals surface area contributed by atoms with Crippen molar-refractivity contribution in [2.45, 2.75) is 45.4 Å². The van der Waals surface area contributed by atoms with Crippen molar-refractivity contribution in [2.75, 3.05) is 6.54 Å². The molecule has 1 unspecified atom stereocenters. The SMILES string of the molecule is CC(C)OC1C[C@@H](c2ccc3scnc3c2)NC[C@@H]1C. The Balaban J connectivity index is 1.79. The van der Waals surface area contributed by atoms with Gasteiger partial charge in [-0.2, -0.15) is 0 Å². The molecule has 2 aromatic rings. The monoisotopic (exact) mass is 290 g/mol. The molecule has 0 amide bonds.